The first-order valence-electron chi connectivity index (χ1n) is 5.60. The molecule has 0 saturated carbocycles. The number of hydrogen-bond donors (Lipinski definition) is 3. The molecular weight excluding hydrogens is 270 g/mol. The van der Waals surface area contributed by atoms with Crippen LogP contribution in [-0.4, -0.2) is 34.2 Å². The number of aliphatic carboxylic acids is 1. The lowest BCUT2D eigenvalue weighted by molar-refractivity contribution is -0.129. The van der Waals surface area contributed by atoms with E-state index in [1.54, 1.807) is 13.0 Å². The molecule has 1 atom stereocenters. The highest BCUT2D eigenvalue weighted by atomic mass is 35.5. The summed E-state index contributed by atoms with van der Waals surface area (Å²) in [4.78, 5) is 26.0. The standard InChI is InChI=1S/C12H14ClN3O3/c1-7(4-9(14)12(18)19)5-16-11(17)8-2-3-10(13)15-6-8/h2-3,6-7,14H,4-5H2,1H3,(H,16,17)(H,18,19)/t7-/m1/s1. The van der Waals surface area contributed by atoms with E-state index in [2.05, 4.69) is 10.3 Å². The van der Waals surface area contributed by atoms with Gasteiger partial charge in [-0.05, 0) is 18.1 Å². The van der Waals surface area contributed by atoms with Crippen LogP contribution >= 0.6 is 11.6 Å². The second-order valence-corrected chi connectivity index (χ2v) is 4.56. The van der Waals surface area contributed by atoms with Crippen molar-refractivity contribution in [1.82, 2.24) is 10.3 Å². The molecule has 0 aromatic carbocycles. The molecule has 1 aromatic heterocycles. The highest BCUT2D eigenvalue weighted by Gasteiger charge is 2.13. The van der Waals surface area contributed by atoms with Crippen molar-refractivity contribution < 1.29 is 14.7 Å². The monoisotopic (exact) mass is 283 g/mol. The Morgan fingerprint density at radius 2 is 2.21 bits per heavy atom. The van der Waals surface area contributed by atoms with E-state index in [9.17, 15) is 9.59 Å². The number of aromatic nitrogens is 1. The van der Waals surface area contributed by atoms with E-state index < -0.39 is 5.97 Å². The number of amides is 1. The van der Waals surface area contributed by atoms with Crippen LogP contribution in [0.2, 0.25) is 5.15 Å². The maximum atomic E-state index is 11.7. The number of hydrogen-bond acceptors (Lipinski definition) is 4. The summed E-state index contributed by atoms with van der Waals surface area (Å²) in [7, 11) is 0. The van der Waals surface area contributed by atoms with Crippen molar-refractivity contribution in [2.75, 3.05) is 6.54 Å². The summed E-state index contributed by atoms with van der Waals surface area (Å²) in [5.41, 5.74) is 0.0137. The molecule has 1 rings (SSSR count). The smallest absolute Gasteiger partial charge is 0.349 e. The molecule has 0 aliphatic heterocycles. The minimum absolute atomic E-state index is 0.106. The van der Waals surface area contributed by atoms with Gasteiger partial charge in [0.15, 0.2) is 0 Å². The first kappa shape index (κ1) is 15.1. The zero-order chi connectivity index (χ0) is 14.4. The van der Waals surface area contributed by atoms with Gasteiger partial charge in [-0.15, -0.1) is 0 Å². The van der Waals surface area contributed by atoms with Crippen LogP contribution in [0.4, 0.5) is 0 Å². The summed E-state index contributed by atoms with van der Waals surface area (Å²) in [5.74, 6) is -1.68. The second-order valence-electron chi connectivity index (χ2n) is 4.17. The van der Waals surface area contributed by atoms with Gasteiger partial charge < -0.3 is 10.4 Å². The molecule has 1 aromatic rings. The van der Waals surface area contributed by atoms with Gasteiger partial charge in [0, 0.05) is 19.2 Å². The van der Waals surface area contributed by atoms with Gasteiger partial charge in [0.25, 0.3) is 5.91 Å². The van der Waals surface area contributed by atoms with Gasteiger partial charge in [0.2, 0.25) is 0 Å². The van der Waals surface area contributed by atoms with Crippen molar-refractivity contribution in [3.63, 3.8) is 0 Å². The third kappa shape index (κ3) is 5.05. The molecule has 0 aliphatic rings. The number of carboxylic acid groups (broad SMARTS) is 1. The van der Waals surface area contributed by atoms with Crippen molar-refractivity contribution in [2.45, 2.75) is 13.3 Å². The summed E-state index contributed by atoms with van der Waals surface area (Å²) in [5, 5.41) is 18.7. The molecule has 0 radical (unpaired) electrons. The maximum Gasteiger partial charge on any atom is 0.349 e. The SMILES string of the molecule is C[C@@H](CNC(=O)c1ccc(Cl)nc1)CC(=N)C(=O)O. The Bertz CT molecular complexity index is 487. The largest absolute Gasteiger partial charge is 0.477 e. The molecule has 0 aliphatic carbocycles. The molecule has 3 N–H and O–H groups in total. The number of pyridine rings is 1. The van der Waals surface area contributed by atoms with Gasteiger partial charge in [-0.25, -0.2) is 9.78 Å². The Morgan fingerprint density at radius 3 is 2.74 bits per heavy atom. The van der Waals surface area contributed by atoms with Gasteiger partial charge in [-0.2, -0.15) is 0 Å². The zero-order valence-corrected chi connectivity index (χ0v) is 11.1. The van der Waals surface area contributed by atoms with Gasteiger partial charge in [-0.3, -0.25) is 10.2 Å². The van der Waals surface area contributed by atoms with E-state index in [0.29, 0.717) is 10.7 Å². The van der Waals surface area contributed by atoms with E-state index in [-0.39, 0.29) is 30.5 Å². The first-order chi connectivity index (χ1) is 8.90. The Balaban J connectivity index is 2.44. The van der Waals surface area contributed by atoms with E-state index in [1.165, 1.54) is 12.3 Å². The minimum atomic E-state index is -1.24. The third-order valence-corrected chi connectivity index (χ3v) is 2.63. The van der Waals surface area contributed by atoms with Crippen LogP contribution in [-0.2, 0) is 4.79 Å². The molecule has 1 heterocycles. The van der Waals surface area contributed by atoms with Crippen molar-refractivity contribution in [1.29, 1.82) is 5.41 Å². The number of carbonyl (C=O) groups excluding carboxylic acids is 1. The lowest BCUT2D eigenvalue weighted by Crippen LogP contribution is -2.30. The fourth-order valence-corrected chi connectivity index (χ4v) is 1.50. The lowest BCUT2D eigenvalue weighted by Gasteiger charge is -2.11. The molecule has 6 nitrogen and oxygen atoms in total. The van der Waals surface area contributed by atoms with Crippen molar-refractivity contribution in [2.24, 2.45) is 5.92 Å². The second kappa shape index (κ2) is 6.84. The Kier molecular flexibility index (Phi) is 5.44. The molecule has 1 amide bonds. The van der Waals surface area contributed by atoms with Crippen LogP contribution in [0.5, 0.6) is 0 Å². The number of rotatable bonds is 6. The lowest BCUT2D eigenvalue weighted by atomic mass is 10.0. The van der Waals surface area contributed by atoms with Crippen molar-refractivity contribution in [3.05, 3.63) is 29.0 Å². The Labute approximate surface area is 115 Å². The Hall–Kier alpha value is -1.95. The predicted molar refractivity (Wildman–Crippen MR) is 70.7 cm³/mol. The highest BCUT2D eigenvalue weighted by Crippen LogP contribution is 2.06. The molecule has 0 fully saturated rings. The van der Waals surface area contributed by atoms with Gasteiger partial charge in [-0.1, -0.05) is 18.5 Å². The van der Waals surface area contributed by atoms with Crippen LogP contribution in [0.15, 0.2) is 18.3 Å². The van der Waals surface area contributed by atoms with Crippen LogP contribution in [0.3, 0.4) is 0 Å². The first-order valence-corrected chi connectivity index (χ1v) is 5.98. The molecule has 0 spiro atoms. The average molecular weight is 284 g/mol. The summed E-state index contributed by atoms with van der Waals surface area (Å²) >= 11 is 5.61. The summed E-state index contributed by atoms with van der Waals surface area (Å²) in [6.07, 6.45) is 1.47. The number of carbonyl (C=O) groups is 2. The fraction of sp³-hybridized carbons (Fsp3) is 0.333. The van der Waals surface area contributed by atoms with Crippen LogP contribution in [0.25, 0.3) is 0 Å². The number of nitrogens with one attached hydrogen (secondary N) is 2. The van der Waals surface area contributed by atoms with Crippen LogP contribution in [0, 0.1) is 11.3 Å². The number of carboxylic acids is 1. The van der Waals surface area contributed by atoms with Gasteiger partial charge in [0.1, 0.15) is 10.9 Å². The van der Waals surface area contributed by atoms with Crippen molar-refractivity contribution in [3.8, 4) is 0 Å². The normalized spacial score (nSPS) is 11.7. The topological polar surface area (TPSA) is 103 Å². The molecule has 102 valence electrons. The molecule has 0 saturated heterocycles. The number of halogens is 1. The van der Waals surface area contributed by atoms with Gasteiger partial charge >= 0.3 is 5.97 Å². The average Bonchev–Trinajstić information content (AvgIpc) is 2.36. The molecular formula is C12H14ClN3O3. The van der Waals surface area contributed by atoms with E-state index in [1.807, 2.05) is 0 Å². The quantitative estimate of drug-likeness (QED) is 0.545. The molecule has 0 unspecified atom stereocenters. The fourth-order valence-electron chi connectivity index (χ4n) is 1.39. The summed E-state index contributed by atoms with van der Waals surface area (Å²) < 4.78 is 0. The van der Waals surface area contributed by atoms with E-state index >= 15 is 0 Å². The van der Waals surface area contributed by atoms with Crippen LogP contribution in [0.1, 0.15) is 23.7 Å². The Morgan fingerprint density at radius 1 is 1.53 bits per heavy atom. The van der Waals surface area contributed by atoms with E-state index in [4.69, 9.17) is 22.1 Å². The predicted octanol–water partition coefficient (Wildman–Crippen LogP) is 1.60. The maximum absolute atomic E-state index is 11.7. The van der Waals surface area contributed by atoms with Crippen molar-refractivity contribution >= 4 is 29.2 Å². The molecule has 7 heteroatoms. The summed E-state index contributed by atoms with van der Waals surface area (Å²) in [6.45, 7) is 2.05. The van der Waals surface area contributed by atoms with E-state index in [0.717, 1.165) is 0 Å². The molecule has 19 heavy (non-hydrogen) atoms. The number of nitrogens with zero attached hydrogens (tertiary/aromatic N) is 1. The zero-order valence-electron chi connectivity index (χ0n) is 10.3. The van der Waals surface area contributed by atoms with Crippen LogP contribution < -0.4 is 5.32 Å². The van der Waals surface area contributed by atoms with Gasteiger partial charge in [0.05, 0.1) is 5.56 Å². The highest BCUT2D eigenvalue weighted by molar-refractivity contribution is 6.34. The molecule has 0 bridgehead atoms. The third-order valence-electron chi connectivity index (χ3n) is 2.41. The summed E-state index contributed by atoms with van der Waals surface area (Å²) in [6, 6.07) is 3.06. The minimum Gasteiger partial charge on any atom is -0.477 e.